The van der Waals surface area contributed by atoms with E-state index in [4.69, 9.17) is 0 Å². The van der Waals surface area contributed by atoms with Crippen molar-refractivity contribution in [3.05, 3.63) is 34.9 Å². The molecule has 0 amide bonds. The zero-order valence-corrected chi connectivity index (χ0v) is 11.4. The van der Waals surface area contributed by atoms with E-state index in [0.29, 0.717) is 6.04 Å². The quantitative estimate of drug-likeness (QED) is 0.837. The van der Waals surface area contributed by atoms with Crippen molar-refractivity contribution < 1.29 is 0 Å². The average Bonchev–Trinajstić information content (AvgIpc) is 2.34. The third-order valence-corrected chi connectivity index (χ3v) is 4.15. The summed E-state index contributed by atoms with van der Waals surface area (Å²) in [5.41, 5.74) is 4.35. The van der Waals surface area contributed by atoms with Gasteiger partial charge in [0.05, 0.1) is 0 Å². The zero-order chi connectivity index (χ0) is 12.3. The van der Waals surface area contributed by atoms with Crippen LogP contribution in [0.2, 0.25) is 0 Å². The molecule has 2 unspecified atom stereocenters. The van der Waals surface area contributed by atoms with Crippen LogP contribution in [0.1, 0.15) is 42.9 Å². The van der Waals surface area contributed by atoms with E-state index in [2.05, 4.69) is 44.3 Å². The smallest absolute Gasteiger partial charge is 0.0110 e. The van der Waals surface area contributed by atoms with Crippen molar-refractivity contribution in [2.24, 2.45) is 5.92 Å². The molecule has 1 aromatic rings. The summed E-state index contributed by atoms with van der Waals surface area (Å²) in [5.74, 6) is 0.936. The van der Waals surface area contributed by atoms with E-state index >= 15 is 0 Å². The first-order chi connectivity index (χ1) is 8.19. The molecule has 0 radical (unpaired) electrons. The molecular formula is C16H25N. The number of piperidine rings is 1. The fourth-order valence-electron chi connectivity index (χ4n) is 2.91. The first-order valence-corrected chi connectivity index (χ1v) is 6.98. The van der Waals surface area contributed by atoms with Gasteiger partial charge in [0.25, 0.3) is 0 Å². The van der Waals surface area contributed by atoms with Crippen LogP contribution in [0.15, 0.2) is 18.2 Å². The molecule has 1 nitrogen and oxygen atoms in total. The Morgan fingerprint density at radius 3 is 2.88 bits per heavy atom. The fourth-order valence-corrected chi connectivity index (χ4v) is 2.91. The summed E-state index contributed by atoms with van der Waals surface area (Å²) in [7, 11) is 0. The second-order valence-electron chi connectivity index (χ2n) is 5.58. The average molecular weight is 231 g/mol. The van der Waals surface area contributed by atoms with Gasteiger partial charge in [-0.25, -0.2) is 0 Å². The lowest BCUT2D eigenvalue weighted by Gasteiger charge is -2.30. The standard InChI is InChI=1S/C16H25N/c1-4-14-7-8-17-16(10-14)11-15-9-12(2)5-6-13(15)3/h5-6,9,14,16-17H,4,7-8,10-11H2,1-3H3. The van der Waals surface area contributed by atoms with E-state index < -0.39 is 0 Å². The van der Waals surface area contributed by atoms with E-state index in [1.165, 1.54) is 48.9 Å². The van der Waals surface area contributed by atoms with E-state index in [9.17, 15) is 0 Å². The molecule has 17 heavy (non-hydrogen) atoms. The van der Waals surface area contributed by atoms with Gasteiger partial charge in [-0.1, -0.05) is 37.1 Å². The van der Waals surface area contributed by atoms with Crippen molar-refractivity contribution in [3.8, 4) is 0 Å². The van der Waals surface area contributed by atoms with Crippen LogP contribution >= 0.6 is 0 Å². The first-order valence-electron chi connectivity index (χ1n) is 6.98. The van der Waals surface area contributed by atoms with Crippen LogP contribution < -0.4 is 5.32 Å². The molecule has 1 aliphatic heterocycles. The lowest BCUT2D eigenvalue weighted by molar-refractivity contribution is 0.294. The second-order valence-corrected chi connectivity index (χ2v) is 5.58. The molecule has 1 aromatic carbocycles. The van der Waals surface area contributed by atoms with Crippen LogP contribution in [-0.2, 0) is 6.42 Å². The van der Waals surface area contributed by atoms with Crippen LogP contribution in [0.4, 0.5) is 0 Å². The predicted molar refractivity (Wildman–Crippen MR) is 74.4 cm³/mol. The summed E-state index contributed by atoms with van der Waals surface area (Å²) in [6, 6.07) is 7.51. The maximum atomic E-state index is 3.68. The van der Waals surface area contributed by atoms with Gasteiger partial charge in [0.15, 0.2) is 0 Å². The highest BCUT2D eigenvalue weighted by Gasteiger charge is 2.20. The lowest BCUT2D eigenvalue weighted by atomic mass is 9.86. The molecule has 0 bridgehead atoms. The molecule has 0 aromatic heterocycles. The Labute approximate surface area is 106 Å². The minimum Gasteiger partial charge on any atom is -0.314 e. The van der Waals surface area contributed by atoms with Gasteiger partial charge in [0.2, 0.25) is 0 Å². The molecule has 1 heterocycles. The molecule has 1 N–H and O–H groups in total. The molecule has 0 saturated carbocycles. The monoisotopic (exact) mass is 231 g/mol. The number of rotatable bonds is 3. The fraction of sp³-hybridized carbons (Fsp3) is 0.625. The van der Waals surface area contributed by atoms with Gasteiger partial charge >= 0.3 is 0 Å². The van der Waals surface area contributed by atoms with Crippen molar-refractivity contribution in [3.63, 3.8) is 0 Å². The van der Waals surface area contributed by atoms with E-state index in [0.717, 1.165) is 5.92 Å². The number of aryl methyl sites for hydroxylation is 2. The Kier molecular flexibility index (Phi) is 4.22. The molecule has 94 valence electrons. The number of hydrogen-bond acceptors (Lipinski definition) is 1. The SMILES string of the molecule is CCC1CCNC(Cc2cc(C)ccc2C)C1. The minimum atomic E-state index is 0.689. The summed E-state index contributed by atoms with van der Waals surface area (Å²) in [5, 5.41) is 3.68. The van der Waals surface area contributed by atoms with Gasteiger partial charge in [0, 0.05) is 6.04 Å². The van der Waals surface area contributed by atoms with Crippen molar-refractivity contribution in [2.45, 2.75) is 52.5 Å². The van der Waals surface area contributed by atoms with Gasteiger partial charge in [-0.2, -0.15) is 0 Å². The summed E-state index contributed by atoms with van der Waals surface area (Å²) >= 11 is 0. The summed E-state index contributed by atoms with van der Waals surface area (Å²) in [6.07, 6.45) is 5.25. The van der Waals surface area contributed by atoms with Crippen molar-refractivity contribution in [1.29, 1.82) is 0 Å². The molecule has 0 spiro atoms. The summed E-state index contributed by atoms with van der Waals surface area (Å²) < 4.78 is 0. The predicted octanol–water partition coefficient (Wildman–Crippen LogP) is 3.62. The molecule has 0 aliphatic carbocycles. The van der Waals surface area contributed by atoms with Crippen LogP contribution in [-0.4, -0.2) is 12.6 Å². The van der Waals surface area contributed by atoms with Gasteiger partial charge < -0.3 is 5.32 Å². The van der Waals surface area contributed by atoms with Crippen LogP contribution in [0.5, 0.6) is 0 Å². The summed E-state index contributed by atoms with van der Waals surface area (Å²) in [4.78, 5) is 0. The van der Waals surface area contributed by atoms with E-state index in [1.807, 2.05) is 0 Å². The maximum absolute atomic E-state index is 3.68. The van der Waals surface area contributed by atoms with Crippen molar-refractivity contribution >= 4 is 0 Å². The maximum Gasteiger partial charge on any atom is 0.0110 e. The van der Waals surface area contributed by atoms with Crippen molar-refractivity contribution in [1.82, 2.24) is 5.32 Å². The minimum absolute atomic E-state index is 0.689. The molecule has 2 atom stereocenters. The molecule has 1 fully saturated rings. The molecule has 1 saturated heterocycles. The topological polar surface area (TPSA) is 12.0 Å². The Balaban J connectivity index is 2.02. The lowest BCUT2D eigenvalue weighted by Crippen LogP contribution is -2.39. The number of benzene rings is 1. The third-order valence-electron chi connectivity index (χ3n) is 4.15. The zero-order valence-electron chi connectivity index (χ0n) is 11.4. The number of nitrogens with one attached hydrogen (secondary N) is 1. The van der Waals surface area contributed by atoms with Crippen molar-refractivity contribution in [2.75, 3.05) is 6.54 Å². The Morgan fingerprint density at radius 2 is 2.12 bits per heavy atom. The first kappa shape index (κ1) is 12.6. The van der Waals surface area contributed by atoms with Crippen LogP contribution in [0.3, 0.4) is 0 Å². The molecule has 1 heteroatoms. The Hall–Kier alpha value is -0.820. The normalized spacial score (nSPS) is 24.9. The highest BCUT2D eigenvalue weighted by molar-refractivity contribution is 5.31. The van der Waals surface area contributed by atoms with Gasteiger partial charge in [-0.3, -0.25) is 0 Å². The highest BCUT2D eigenvalue weighted by Crippen LogP contribution is 2.22. The largest absolute Gasteiger partial charge is 0.314 e. The highest BCUT2D eigenvalue weighted by atomic mass is 14.9. The van der Waals surface area contributed by atoms with Gasteiger partial charge in [0.1, 0.15) is 0 Å². The molecule has 2 rings (SSSR count). The Bertz CT molecular complexity index is 370. The number of hydrogen-bond donors (Lipinski definition) is 1. The summed E-state index contributed by atoms with van der Waals surface area (Å²) in [6.45, 7) is 7.94. The second kappa shape index (κ2) is 5.68. The van der Waals surface area contributed by atoms with Crippen LogP contribution in [0.25, 0.3) is 0 Å². The Morgan fingerprint density at radius 1 is 1.29 bits per heavy atom. The molecular weight excluding hydrogens is 206 g/mol. The van der Waals surface area contributed by atoms with Gasteiger partial charge in [-0.05, 0) is 56.7 Å². The van der Waals surface area contributed by atoms with Gasteiger partial charge in [-0.15, -0.1) is 0 Å². The van der Waals surface area contributed by atoms with E-state index in [1.54, 1.807) is 0 Å². The third kappa shape index (κ3) is 3.32. The van der Waals surface area contributed by atoms with E-state index in [-0.39, 0.29) is 0 Å². The molecule has 1 aliphatic rings. The van der Waals surface area contributed by atoms with Crippen LogP contribution in [0, 0.1) is 19.8 Å².